The predicted octanol–water partition coefficient (Wildman–Crippen LogP) is 5.91. The first-order valence-corrected chi connectivity index (χ1v) is 14.7. The van der Waals surface area contributed by atoms with Crippen molar-refractivity contribution in [3.63, 3.8) is 0 Å². The summed E-state index contributed by atoms with van der Waals surface area (Å²) in [5.74, 6) is 2.76. The molecule has 3 unspecified atom stereocenters. The van der Waals surface area contributed by atoms with Gasteiger partial charge in [0.1, 0.15) is 18.2 Å². The van der Waals surface area contributed by atoms with E-state index >= 15 is 0 Å². The van der Waals surface area contributed by atoms with Crippen LogP contribution in [0.2, 0.25) is 5.02 Å². The molecule has 8 nitrogen and oxygen atoms in total. The highest BCUT2D eigenvalue weighted by Gasteiger charge is 2.41. The number of esters is 1. The van der Waals surface area contributed by atoms with Crippen LogP contribution in [0.5, 0.6) is 5.88 Å². The van der Waals surface area contributed by atoms with Gasteiger partial charge in [0.2, 0.25) is 5.88 Å². The first-order chi connectivity index (χ1) is 20.5. The van der Waals surface area contributed by atoms with Crippen molar-refractivity contribution in [1.82, 2.24) is 19.4 Å². The highest BCUT2D eigenvalue weighted by atomic mass is 35.5. The summed E-state index contributed by atoms with van der Waals surface area (Å²) in [4.78, 5) is 23.3. The molecule has 10 heteroatoms. The lowest BCUT2D eigenvalue weighted by Gasteiger charge is -2.29. The molecule has 2 aromatic heterocycles. The maximum atomic E-state index is 13.4. The molecule has 3 fully saturated rings. The van der Waals surface area contributed by atoms with Crippen molar-refractivity contribution in [3.05, 3.63) is 88.6 Å². The van der Waals surface area contributed by atoms with E-state index in [-0.39, 0.29) is 24.5 Å². The van der Waals surface area contributed by atoms with Crippen LogP contribution in [-0.2, 0) is 29.2 Å². The average molecular weight is 593 g/mol. The maximum Gasteiger partial charge on any atom is 0.337 e. The molecule has 0 radical (unpaired) electrons. The molecule has 1 aliphatic carbocycles. The van der Waals surface area contributed by atoms with Crippen LogP contribution >= 0.6 is 11.6 Å². The first-order valence-electron chi connectivity index (χ1n) is 14.4. The van der Waals surface area contributed by atoms with Gasteiger partial charge in [-0.2, -0.15) is 0 Å². The Kier molecular flexibility index (Phi) is 8.69. The van der Waals surface area contributed by atoms with Crippen LogP contribution in [0.15, 0.2) is 60.8 Å². The maximum absolute atomic E-state index is 13.4. The van der Waals surface area contributed by atoms with E-state index in [4.69, 9.17) is 30.8 Å². The number of aromatic nitrogens is 3. The zero-order valence-corrected chi connectivity index (χ0v) is 24.3. The molecule has 0 spiro atoms. The molecule has 0 bridgehead atoms. The van der Waals surface area contributed by atoms with Gasteiger partial charge in [-0.15, -0.1) is 0 Å². The predicted molar refractivity (Wildman–Crippen MR) is 157 cm³/mol. The van der Waals surface area contributed by atoms with Crippen molar-refractivity contribution >= 4 is 28.6 Å². The van der Waals surface area contributed by atoms with Crippen LogP contribution in [-0.4, -0.2) is 58.3 Å². The van der Waals surface area contributed by atoms with E-state index in [1.165, 1.54) is 32.6 Å². The van der Waals surface area contributed by atoms with Gasteiger partial charge in [0, 0.05) is 36.0 Å². The summed E-state index contributed by atoms with van der Waals surface area (Å²) < 4.78 is 31.5. The van der Waals surface area contributed by atoms with Gasteiger partial charge >= 0.3 is 5.97 Å². The van der Waals surface area contributed by atoms with E-state index in [2.05, 4.69) is 14.5 Å². The quantitative estimate of drug-likeness (QED) is 0.236. The zero-order chi connectivity index (χ0) is 29.1. The monoisotopic (exact) mass is 592 g/mol. The highest BCUT2D eigenvalue weighted by molar-refractivity contribution is 6.30. The largest absolute Gasteiger partial charge is 0.473 e. The Morgan fingerprint density at radius 3 is 2.74 bits per heavy atom. The van der Waals surface area contributed by atoms with Crippen molar-refractivity contribution in [3.8, 4) is 5.88 Å². The Labute approximate surface area is 249 Å². The lowest BCUT2D eigenvalue weighted by atomic mass is 10.1. The summed E-state index contributed by atoms with van der Waals surface area (Å²) >= 11 is 5.64. The Morgan fingerprint density at radius 1 is 1.14 bits per heavy atom. The molecule has 2 saturated heterocycles. The van der Waals surface area contributed by atoms with Gasteiger partial charge in [-0.25, -0.2) is 19.2 Å². The third-order valence-electron chi connectivity index (χ3n) is 8.20. The van der Waals surface area contributed by atoms with Gasteiger partial charge in [-0.05, 0) is 74.0 Å². The molecule has 220 valence electrons. The first kappa shape index (κ1) is 28.6. The fraction of sp³-hybridized carbons (Fsp3) is 0.406. The van der Waals surface area contributed by atoms with E-state index in [0.29, 0.717) is 22.0 Å². The Bertz CT molecular complexity index is 1540. The number of hydrogen-bond acceptors (Lipinski definition) is 7. The minimum absolute atomic E-state index is 0.139. The molecular weight excluding hydrogens is 559 g/mol. The molecule has 4 aromatic rings. The van der Waals surface area contributed by atoms with Crippen LogP contribution in [0.4, 0.5) is 4.39 Å². The van der Waals surface area contributed by atoms with Gasteiger partial charge in [0.05, 0.1) is 42.9 Å². The highest BCUT2D eigenvalue weighted by Crippen LogP contribution is 2.45. The van der Waals surface area contributed by atoms with Crippen molar-refractivity contribution in [2.75, 3.05) is 26.8 Å². The van der Waals surface area contributed by atoms with E-state index in [0.717, 1.165) is 61.4 Å². The summed E-state index contributed by atoms with van der Waals surface area (Å²) in [5.41, 5.74) is 2.96. The van der Waals surface area contributed by atoms with Crippen LogP contribution in [0.1, 0.15) is 41.0 Å². The van der Waals surface area contributed by atoms with Gasteiger partial charge < -0.3 is 18.8 Å². The number of methoxy groups -OCH3 is 1. The smallest absolute Gasteiger partial charge is 0.337 e. The average Bonchev–Trinajstić information content (AvgIpc) is 3.68. The number of nitrogens with zero attached hydrogens (tertiary/aromatic N) is 4. The summed E-state index contributed by atoms with van der Waals surface area (Å²) in [7, 11) is 1.42. The summed E-state index contributed by atoms with van der Waals surface area (Å²) in [5, 5.41) is 0.374. The Morgan fingerprint density at radius 2 is 2.02 bits per heavy atom. The number of carbonyl (C=O) groups is 1. The molecule has 42 heavy (non-hydrogen) atoms. The van der Waals surface area contributed by atoms with Crippen molar-refractivity contribution < 1.29 is 23.4 Å². The third kappa shape index (κ3) is 6.75. The number of halogens is 2. The van der Waals surface area contributed by atoms with Gasteiger partial charge in [-0.1, -0.05) is 23.7 Å². The van der Waals surface area contributed by atoms with Gasteiger partial charge in [0.15, 0.2) is 0 Å². The second-order valence-corrected chi connectivity index (χ2v) is 11.5. The Balaban J connectivity index is 0.000000170. The molecule has 7 rings (SSSR count). The number of carbonyl (C=O) groups excluding carboxylic acids is 1. The minimum Gasteiger partial charge on any atom is -0.473 e. The molecular formula is C32H34ClFN4O4. The SMILES string of the molecule is COC(=O)c1ccc2nc(CN3CCC4CC4C3)n(CC3CCO3)c2c1.Fc1cc(Cl)ccc1COc1ccccn1. The van der Waals surface area contributed by atoms with Crippen LogP contribution in [0.25, 0.3) is 11.0 Å². The third-order valence-corrected chi connectivity index (χ3v) is 8.43. The molecule has 0 amide bonds. The Hall–Kier alpha value is -3.53. The second kappa shape index (κ2) is 12.8. The van der Waals surface area contributed by atoms with E-state index in [9.17, 15) is 9.18 Å². The lowest BCUT2D eigenvalue weighted by molar-refractivity contribution is -0.0592. The topological polar surface area (TPSA) is 78.7 Å². The number of pyridine rings is 1. The lowest BCUT2D eigenvalue weighted by Crippen LogP contribution is -2.34. The van der Waals surface area contributed by atoms with E-state index in [1.54, 1.807) is 42.6 Å². The van der Waals surface area contributed by atoms with Gasteiger partial charge in [0.25, 0.3) is 0 Å². The molecule has 3 atom stereocenters. The van der Waals surface area contributed by atoms with Gasteiger partial charge in [-0.3, -0.25) is 4.90 Å². The standard InChI is InChI=1S/C20H25N3O3.C12H9ClFNO/c1-25-20(24)14-2-3-17-18(9-14)23(11-16-5-7-26-16)19(21-17)12-22-6-4-13-8-15(13)10-22;13-10-5-4-9(11(14)7-10)8-16-12-3-1-2-6-15-12/h2-3,9,13,15-16H,4-8,10-12H2,1H3;1-7H,8H2. The fourth-order valence-electron chi connectivity index (χ4n) is 5.60. The van der Waals surface area contributed by atoms with Crippen LogP contribution in [0.3, 0.4) is 0 Å². The minimum atomic E-state index is -0.372. The zero-order valence-electron chi connectivity index (χ0n) is 23.5. The number of rotatable bonds is 8. The van der Waals surface area contributed by atoms with Crippen LogP contribution < -0.4 is 4.74 Å². The molecule has 1 saturated carbocycles. The second-order valence-electron chi connectivity index (χ2n) is 11.1. The summed E-state index contributed by atoms with van der Waals surface area (Å²) in [6, 6.07) is 15.4. The summed E-state index contributed by atoms with van der Waals surface area (Å²) in [6.07, 6.45) is 5.69. The number of piperidine rings is 1. The number of imidazole rings is 1. The number of hydrogen-bond donors (Lipinski definition) is 0. The fourth-order valence-corrected chi connectivity index (χ4v) is 5.76. The number of fused-ring (bicyclic) bond motifs is 2. The molecule has 0 N–H and O–H groups in total. The molecule has 3 aliphatic rings. The van der Waals surface area contributed by atoms with Crippen molar-refractivity contribution in [2.24, 2.45) is 11.8 Å². The van der Waals surface area contributed by atoms with Crippen LogP contribution in [0, 0.1) is 17.7 Å². The number of ether oxygens (including phenoxy) is 3. The molecule has 4 heterocycles. The number of benzene rings is 2. The molecule has 2 aliphatic heterocycles. The van der Waals surface area contributed by atoms with E-state index in [1.807, 2.05) is 12.1 Å². The molecule has 2 aromatic carbocycles. The summed E-state index contributed by atoms with van der Waals surface area (Å²) in [6.45, 7) is 5.02. The van der Waals surface area contributed by atoms with E-state index < -0.39 is 0 Å². The number of likely N-dealkylation sites (tertiary alicyclic amines) is 1. The van der Waals surface area contributed by atoms with Crippen molar-refractivity contribution in [1.29, 1.82) is 0 Å². The normalized spacial score (nSPS) is 21.1. The van der Waals surface area contributed by atoms with Crippen molar-refractivity contribution in [2.45, 2.75) is 45.1 Å².